The monoisotopic (exact) mass is 327 g/mol. The highest BCUT2D eigenvalue weighted by molar-refractivity contribution is 7.20. The minimum atomic E-state index is -0.811. The summed E-state index contributed by atoms with van der Waals surface area (Å²) in [5, 5.41) is 13.2. The predicted octanol–water partition coefficient (Wildman–Crippen LogP) is 4.02. The summed E-state index contributed by atoms with van der Waals surface area (Å²) in [5.74, 6) is 0.0264. The van der Waals surface area contributed by atoms with Gasteiger partial charge in [0.25, 0.3) is 0 Å². The molecule has 1 aromatic carbocycles. The van der Waals surface area contributed by atoms with Crippen molar-refractivity contribution >= 4 is 46.1 Å². The van der Waals surface area contributed by atoms with Crippen LogP contribution >= 0.6 is 34.5 Å². The first-order valence-corrected chi connectivity index (χ1v) is 7.67. The molecule has 2 aromatic rings. The number of aliphatic hydroxyl groups excluding tert-OH is 1. The van der Waals surface area contributed by atoms with Gasteiger partial charge in [-0.25, -0.2) is 0 Å². The van der Waals surface area contributed by atoms with Crippen molar-refractivity contribution in [1.82, 2.24) is 0 Å². The van der Waals surface area contributed by atoms with E-state index in [0.29, 0.717) is 27.1 Å². The summed E-state index contributed by atoms with van der Waals surface area (Å²) in [5.41, 5.74) is 3.20. The third-order valence-electron chi connectivity index (χ3n) is 3.32. The molecule has 0 spiro atoms. The van der Waals surface area contributed by atoms with E-state index in [1.165, 1.54) is 11.3 Å². The Bertz CT molecular complexity index is 684. The average molecular weight is 328 g/mol. The molecule has 20 heavy (non-hydrogen) atoms. The molecule has 2 heterocycles. The molecule has 1 aliphatic rings. The lowest BCUT2D eigenvalue weighted by atomic mass is 9.96. The van der Waals surface area contributed by atoms with Gasteiger partial charge in [-0.15, -0.1) is 11.3 Å². The van der Waals surface area contributed by atoms with Gasteiger partial charge in [0.1, 0.15) is 10.4 Å². The van der Waals surface area contributed by atoms with Crippen LogP contribution < -0.4 is 5.32 Å². The van der Waals surface area contributed by atoms with Crippen molar-refractivity contribution in [3.8, 4) is 0 Å². The maximum Gasteiger partial charge on any atom is 0.224 e. The Balaban J connectivity index is 1.95. The number of carbonyl (C=O) groups is 1. The van der Waals surface area contributed by atoms with E-state index in [9.17, 15) is 9.90 Å². The van der Waals surface area contributed by atoms with Crippen LogP contribution in [-0.2, 0) is 11.2 Å². The molecule has 1 atom stereocenters. The standard InChI is InChI=1S/C14H11Cl2NO2S/c15-11-6-9(14(16)20-11)13(19)8-1-3-10-7(5-8)2-4-12(18)17-10/h1,3,5-6,13,19H,2,4H2,(H,17,18). The third-order valence-corrected chi connectivity index (χ3v) is 4.84. The zero-order valence-electron chi connectivity index (χ0n) is 10.3. The minimum absolute atomic E-state index is 0.0264. The van der Waals surface area contributed by atoms with Gasteiger partial charge >= 0.3 is 0 Å². The topological polar surface area (TPSA) is 49.3 Å². The van der Waals surface area contributed by atoms with Crippen molar-refractivity contribution in [2.45, 2.75) is 18.9 Å². The van der Waals surface area contributed by atoms with E-state index >= 15 is 0 Å². The van der Waals surface area contributed by atoms with Crippen LogP contribution in [0.15, 0.2) is 24.3 Å². The fourth-order valence-corrected chi connectivity index (χ4v) is 3.81. The molecule has 1 amide bonds. The highest BCUT2D eigenvalue weighted by atomic mass is 35.5. The molecule has 0 radical (unpaired) electrons. The number of amides is 1. The molecular weight excluding hydrogens is 317 g/mol. The number of benzene rings is 1. The van der Waals surface area contributed by atoms with Gasteiger partial charge in [0.05, 0.1) is 4.34 Å². The summed E-state index contributed by atoms with van der Waals surface area (Å²) in [6.07, 6.45) is 0.339. The second-order valence-electron chi connectivity index (χ2n) is 4.65. The number of aryl methyl sites for hydroxylation is 1. The van der Waals surface area contributed by atoms with Crippen molar-refractivity contribution in [2.75, 3.05) is 5.32 Å². The van der Waals surface area contributed by atoms with Gasteiger partial charge in [0.15, 0.2) is 0 Å². The fraction of sp³-hybridized carbons (Fsp3) is 0.214. The smallest absolute Gasteiger partial charge is 0.224 e. The lowest BCUT2D eigenvalue weighted by Crippen LogP contribution is -2.19. The number of hydrogen-bond donors (Lipinski definition) is 2. The quantitative estimate of drug-likeness (QED) is 0.875. The van der Waals surface area contributed by atoms with Crippen LogP contribution in [0.25, 0.3) is 0 Å². The second kappa shape index (κ2) is 5.37. The molecule has 3 nitrogen and oxygen atoms in total. The van der Waals surface area contributed by atoms with Crippen LogP contribution in [0.3, 0.4) is 0 Å². The summed E-state index contributed by atoms with van der Waals surface area (Å²) >= 11 is 13.2. The van der Waals surface area contributed by atoms with E-state index in [1.54, 1.807) is 12.1 Å². The molecule has 1 aliphatic heterocycles. The molecule has 0 bridgehead atoms. The lowest BCUT2D eigenvalue weighted by molar-refractivity contribution is -0.116. The SMILES string of the molecule is O=C1CCc2cc(C(O)c3cc(Cl)sc3Cl)ccc2N1. The molecule has 0 saturated carbocycles. The summed E-state index contributed by atoms with van der Waals surface area (Å²) in [6.45, 7) is 0. The van der Waals surface area contributed by atoms with Gasteiger partial charge < -0.3 is 10.4 Å². The Morgan fingerprint density at radius 1 is 1.25 bits per heavy atom. The predicted molar refractivity (Wildman–Crippen MR) is 81.8 cm³/mol. The molecule has 104 valence electrons. The molecule has 1 unspecified atom stereocenters. The summed E-state index contributed by atoms with van der Waals surface area (Å²) in [4.78, 5) is 11.3. The van der Waals surface area contributed by atoms with Crippen LogP contribution in [0.1, 0.15) is 29.2 Å². The number of aliphatic hydroxyl groups is 1. The second-order valence-corrected chi connectivity index (χ2v) is 6.93. The lowest BCUT2D eigenvalue weighted by Gasteiger charge is -2.19. The minimum Gasteiger partial charge on any atom is -0.384 e. The number of carbonyl (C=O) groups excluding carboxylic acids is 1. The van der Waals surface area contributed by atoms with Gasteiger partial charge in [-0.3, -0.25) is 4.79 Å². The van der Waals surface area contributed by atoms with E-state index in [1.807, 2.05) is 12.1 Å². The average Bonchev–Trinajstić information content (AvgIpc) is 2.76. The van der Waals surface area contributed by atoms with Crippen molar-refractivity contribution in [3.63, 3.8) is 0 Å². The summed E-state index contributed by atoms with van der Waals surface area (Å²) < 4.78 is 1.04. The highest BCUT2D eigenvalue weighted by Crippen LogP contribution is 2.38. The zero-order chi connectivity index (χ0) is 14.3. The number of thiophene rings is 1. The highest BCUT2D eigenvalue weighted by Gasteiger charge is 2.20. The fourth-order valence-electron chi connectivity index (χ4n) is 2.29. The van der Waals surface area contributed by atoms with E-state index in [4.69, 9.17) is 23.2 Å². The van der Waals surface area contributed by atoms with Crippen LogP contribution in [0, 0.1) is 0 Å². The molecular formula is C14H11Cl2NO2S. The molecule has 0 saturated heterocycles. The Labute approximate surface area is 130 Å². The van der Waals surface area contributed by atoms with Gasteiger partial charge in [0, 0.05) is 17.7 Å². The number of nitrogens with one attached hydrogen (secondary N) is 1. The number of halogens is 2. The molecule has 3 rings (SSSR count). The zero-order valence-corrected chi connectivity index (χ0v) is 12.6. The van der Waals surface area contributed by atoms with Crippen LogP contribution in [0.4, 0.5) is 5.69 Å². The Hall–Kier alpha value is -1.07. The van der Waals surface area contributed by atoms with Crippen LogP contribution in [0.5, 0.6) is 0 Å². The van der Waals surface area contributed by atoms with Gasteiger partial charge in [-0.1, -0.05) is 35.3 Å². The first kappa shape index (κ1) is 13.9. The van der Waals surface area contributed by atoms with Crippen LogP contribution in [0.2, 0.25) is 8.67 Å². The van der Waals surface area contributed by atoms with Crippen molar-refractivity contribution < 1.29 is 9.90 Å². The molecule has 0 fully saturated rings. The Morgan fingerprint density at radius 2 is 2.05 bits per heavy atom. The van der Waals surface area contributed by atoms with Crippen molar-refractivity contribution in [3.05, 3.63) is 49.6 Å². The van der Waals surface area contributed by atoms with E-state index in [0.717, 1.165) is 16.8 Å². The van der Waals surface area contributed by atoms with Gasteiger partial charge in [0.2, 0.25) is 5.91 Å². The summed E-state index contributed by atoms with van der Waals surface area (Å²) in [7, 11) is 0. The first-order chi connectivity index (χ1) is 9.54. The molecule has 1 aromatic heterocycles. The first-order valence-electron chi connectivity index (χ1n) is 6.10. The normalized spacial score (nSPS) is 15.7. The maximum absolute atomic E-state index is 11.3. The van der Waals surface area contributed by atoms with Gasteiger partial charge in [-0.2, -0.15) is 0 Å². The number of hydrogen-bond acceptors (Lipinski definition) is 3. The third kappa shape index (κ3) is 2.56. The van der Waals surface area contributed by atoms with E-state index in [2.05, 4.69) is 5.32 Å². The molecule has 6 heteroatoms. The Kier molecular flexibility index (Phi) is 3.73. The van der Waals surface area contributed by atoms with E-state index in [-0.39, 0.29) is 5.91 Å². The Morgan fingerprint density at radius 3 is 2.75 bits per heavy atom. The number of anilines is 1. The number of fused-ring (bicyclic) bond motifs is 1. The molecule has 2 N–H and O–H groups in total. The van der Waals surface area contributed by atoms with Crippen molar-refractivity contribution in [1.29, 1.82) is 0 Å². The van der Waals surface area contributed by atoms with Crippen LogP contribution in [-0.4, -0.2) is 11.0 Å². The maximum atomic E-state index is 11.3. The van der Waals surface area contributed by atoms with Gasteiger partial charge in [-0.05, 0) is 29.7 Å². The number of rotatable bonds is 2. The van der Waals surface area contributed by atoms with Crippen molar-refractivity contribution in [2.24, 2.45) is 0 Å². The summed E-state index contributed by atoms with van der Waals surface area (Å²) in [6, 6.07) is 7.19. The van der Waals surface area contributed by atoms with E-state index < -0.39 is 6.10 Å². The molecule has 0 aliphatic carbocycles. The largest absolute Gasteiger partial charge is 0.384 e.